The van der Waals surface area contributed by atoms with Crippen molar-refractivity contribution in [3.8, 4) is 17.6 Å². The maximum atomic E-state index is 12.9. The van der Waals surface area contributed by atoms with Crippen molar-refractivity contribution in [2.45, 2.75) is 12.8 Å². The van der Waals surface area contributed by atoms with Crippen LogP contribution in [0.3, 0.4) is 0 Å². The first-order valence-corrected chi connectivity index (χ1v) is 11.8. The summed E-state index contributed by atoms with van der Waals surface area (Å²) in [6, 6.07) is 20.2. The molecule has 0 saturated heterocycles. The van der Waals surface area contributed by atoms with Crippen LogP contribution in [0.5, 0.6) is 11.5 Å². The van der Waals surface area contributed by atoms with Crippen LogP contribution in [-0.4, -0.2) is 5.97 Å². The normalized spacial score (nSPS) is 14.9. The molecule has 1 aliphatic rings. The molecule has 8 heteroatoms. The van der Waals surface area contributed by atoms with Crippen LogP contribution in [0.15, 0.2) is 72.1 Å². The van der Waals surface area contributed by atoms with Gasteiger partial charge in [-0.05, 0) is 42.3 Å². The average molecular weight is 507 g/mol. The van der Waals surface area contributed by atoms with Crippen LogP contribution in [0.25, 0.3) is 10.1 Å². The van der Waals surface area contributed by atoms with E-state index in [2.05, 4.69) is 6.07 Å². The van der Waals surface area contributed by atoms with Gasteiger partial charge in [0, 0.05) is 26.7 Å². The summed E-state index contributed by atoms with van der Waals surface area (Å²) in [7, 11) is 0. The number of halogens is 2. The minimum atomic E-state index is -0.563. The molecule has 0 bridgehead atoms. The maximum Gasteiger partial charge on any atom is 0.355 e. The topological polar surface area (TPSA) is 85.3 Å². The number of rotatable bonds is 3. The fourth-order valence-corrected chi connectivity index (χ4v) is 5.67. The number of allylic oxidation sites excluding steroid dienone is 1. The van der Waals surface area contributed by atoms with E-state index in [9.17, 15) is 10.1 Å². The van der Waals surface area contributed by atoms with Gasteiger partial charge in [0.25, 0.3) is 0 Å². The van der Waals surface area contributed by atoms with Crippen LogP contribution >= 0.6 is 34.5 Å². The second-order valence-electron chi connectivity index (χ2n) is 7.81. The van der Waals surface area contributed by atoms with Crippen molar-refractivity contribution in [3.05, 3.63) is 104 Å². The molecule has 1 unspecified atom stereocenters. The number of thiophene rings is 1. The summed E-state index contributed by atoms with van der Waals surface area (Å²) in [5.41, 5.74) is 8.94. The van der Waals surface area contributed by atoms with E-state index in [1.165, 1.54) is 11.3 Å². The third-order valence-corrected chi connectivity index (χ3v) is 7.43. The van der Waals surface area contributed by atoms with Crippen LogP contribution in [0.2, 0.25) is 10.0 Å². The molecule has 3 aromatic carbocycles. The largest absolute Gasteiger partial charge is 0.440 e. The van der Waals surface area contributed by atoms with Crippen molar-refractivity contribution in [2.24, 2.45) is 5.73 Å². The second-order valence-corrected chi connectivity index (χ2v) is 9.68. The fraction of sp³-hybridized carbons (Fsp3) is 0.0769. The monoisotopic (exact) mass is 506 g/mol. The van der Waals surface area contributed by atoms with Crippen molar-refractivity contribution < 1.29 is 14.3 Å². The number of carbonyl (C=O) groups excluding carboxylic acids is 1. The maximum absolute atomic E-state index is 12.9. The molecule has 2 N–H and O–H groups in total. The lowest BCUT2D eigenvalue weighted by molar-refractivity contribution is 0.0740. The zero-order chi connectivity index (χ0) is 24.0. The Morgan fingerprint density at radius 3 is 2.74 bits per heavy atom. The van der Waals surface area contributed by atoms with Gasteiger partial charge in [0.2, 0.25) is 5.88 Å². The zero-order valence-corrected chi connectivity index (χ0v) is 20.1. The SMILES string of the molecule is Cc1ccc2c(Cl)c(C(=O)Oc3ccc4c(c3)OC(N)=C(C#N)C4c3cccc(Cl)c3)sc2c1. The Morgan fingerprint density at radius 1 is 1.15 bits per heavy atom. The Morgan fingerprint density at radius 2 is 1.97 bits per heavy atom. The number of benzene rings is 3. The molecule has 2 heterocycles. The average Bonchev–Trinajstić information content (AvgIpc) is 3.13. The Kier molecular flexibility index (Phi) is 5.70. The molecule has 0 aliphatic carbocycles. The molecule has 1 aromatic heterocycles. The first-order valence-electron chi connectivity index (χ1n) is 10.2. The molecule has 0 amide bonds. The van der Waals surface area contributed by atoms with E-state index in [-0.39, 0.29) is 17.2 Å². The highest BCUT2D eigenvalue weighted by molar-refractivity contribution is 7.21. The lowest BCUT2D eigenvalue weighted by atomic mass is 9.83. The van der Waals surface area contributed by atoms with E-state index < -0.39 is 11.9 Å². The summed E-state index contributed by atoms with van der Waals surface area (Å²) < 4.78 is 12.3. The number of ether oxygens (including phenoxy) is 2. The highest BCUT2D eigenvalue weighted by atomic mass is 35.5. The Labute approximate surface area is 209 Å². The molecule has 0 radical (unpaired) electrons. The molecule has 4 aromatic rings. The standard InChI is InChI=1S/C26H16Cl2N2O3S/c1-13-5-7-18-21(9-13)34-24(23(18)28)26(31)32-16-6-8-17-20(11-16)33-25(30)19(12-29)22(17)14-3-2-4-15(27)10-14/h2-11,22H,30H2,1H3. The molecule has 5 rings (SSSR count). The summed E-state index contributed by atoms with van der Waals surface area (Å²) in [6.07, 6.45) is 0. The fourth-order valence-electron chi connectivity index (χ4n) is 3.99. The minimum absolute atomic E-state index is 0.00799. The van der Waals surface area contributed by atoms with E-state index in [4.69, 9.17) is 38.4 Å². The Bertz CT molecular complexity index is 1550. The predicted octanol–water partition coefficient (Wildman–Crippen LogP) is 6.95. The van der Waals surface area contributed by atoms with Crippen molar-refractivity contribution in [3.63, 3.8) is 0 Å². The number of hydrogen-bond donors (Lipinski definition) is 1. The molecule has 1 aliphatic heterocycles. The van der Waals surface area contributed by atoms with Gasteiger partial charge in [-0.3, -0.25) is 0 Å². The van der Waals surface area contributed by atoms with Gasteiger partial charge in [0.05, 0.1) is 10.9 Å². The molecular weight excluding hydrogens is 491 g/mol. The van der Waals surface area contributed by atoms with Gasteiger partial charge in [-0.1, -0.05) is 53.5 Å². The lowest BCUT2D eigenvalue weighted by Crippen LogP contribution is -2.21. The second kappa shape index (κ2) is 8.69. The minimum Gasteiger partial charge on any atom is -0.440 e. The number of nitrogens with two attached hydrogens (primary N) is 1. The number of hydrogen-bond acceptors (Lipinski definition) is 6. The van der Waals surface area contributed by atoms with Crippen molar-refractivity contribution >= 4 is 50.6 Å². The third kappa shape index (κ3) is 3.88. The summed E-state index contributed by atoms with van der Waals surface area (Å²) in [6.45, 7) is 1.98. The van der Waals surface area contributed by atoms with Crippen LogP contribution in [0.4, 0.5) is 0 Å². The summed E-state index contributed by atoms with van der Waals surface area (Å²) >= 11 is 13.9. The molecule has 168 valence electrons. The van der Waals surface area contributed by atoms with E-state index in [1.54, 1.807) is 30.3 Å². The van der Waals surface area contributed by atoms with Gasteiger partial charge in [0.1, 0.15) is 28.0 Å². The number of nitrogens with zero attached hydrogens (tertiary/aromatic N) is 1. The van der Waals surface area contributed by atoms with Gasteiger partial charge in [-0.2, -0.15) is 5.26 Å². The first kappa shape index (κ1) is 22.3. The predicted molar refractivity (Wildman–Crippen MR) is 134 cm³/mol. The van der Waals surface area contributed by atoms with Crippen LogP contribution < -0.4 is 15.2 Å². The summed E-state index contributed by atoms with van der Waals surface area (Å²) in [5.74, 6) is -0.368. The molecule has 0 fully saturated rings. The van der Waals surface area contributed by atoms with Gasteiger partial charge < -0.3 is 15.2 Å². The Balaban J connectivity index is 1.49. The number of esters is 1. The van der Waals surface area contributed by atoms with Gasteiger partial charge in [0.15, 0.2) is 0 Å². The van der Waals surface area contributed by atoms with Crippen LogP contribution in [0, 0.1) is 18.3 Å². The summed E-state index contributed by atoms with van der Waals surface area (Å²) in [4.78, 5) is 13.2. The quantitative estimate of drug-likeness (QED) is 0.240. The number of carbonyl (C=O) groups is 1. The summed E-state index contributed by atoms with van der Waals surface area (Å²) in [5, 5.41) is 11.4. The lowest BCUT2D eigenvalue weighted by Gasteiger charge is -2.26. The van der Waals surface area contributed by atoms with Crippen molar-refractivity contribution in [2.75, 3.05) is 0 Å². The number of fused-ring (bicyclic) bond motifs is 2. The molecule has 0 saturated carbocycles. The van der Waals surface area contributed by atoms with E-state index >= 15 is 0 Å². The highest BCUT2D eigenvalue weighted by Crippen LogP contribution is 2.44. The van der Waals surface area contributed by atoms with E-state index in [1.807, 2.05) is 37.3 Å². The molecular formula is C26H16Cl2N2O3S. The third-order valence-electron chi connectivity index (χ3n) is 5.55. The van der Waals surface area contributed by atoms with E-state index in [0.29, 0.717) is 26.2 Å². The van der Waals surface area contributed by atoms with Crippen molar-refractivity contribution in [1.29, 1.82) is 5.26 Å². The van der Waals surface area contributed by atoms with Crippen LogP contribution in [-0.2, 0) is 0 Å². The number of nitriles is 1. The molecule has 0 spiro atoms. The van der Waals surface area contributed by atoms with Gasteiger partial charge in [-0.25, -0.2) is 4.79 Å². The smallest absolute Gasteiger partial charge is 0.355 e. The van der Waals surface area contributed by atoms with Crippen molar-refractivity contribution in [1.82, 2.24) is 0 Å². The molecule has 1 atom stereocenters. The number of aryl methyl sites for hydroxylation is 1. The van der Waals surface area contributed by atoms with E-state index in [0.717, 1.165) is 21.2 Å². The first-order chi connectivity index (χ1) is 16.4. The molecule has 34 heavy (non-hydrogen) atoms. The van der Waals surface area contributed by atoms with Crippen LogP contribution in [0.1, 0.15) is 32.3 Å². The zero-order valence-electron chi connectivity index (χ0n) is 17.8. The highest BCUT2D eigenvalue weighted by Gasteiger charge is 2.31. The van der Waals surface area contributed by atoms with Gasteiger partial charge in [-0.15, -0.1) is 11.3 Å². The Hall–Kier alpha value is -3.50. The molecule has 5 nitrogen and oxygen atoms in total. The van der Waals surface area contributed by atoms with Gasteiger partial charge >= 0.3 is 5.97 Å².